The van der Waals surface area contributed by atoms with Gasteiger partial charge in [-0.1, -0.05) is 6.08 Å². The van der Waals surface area contributed by atoms with Crippen LogP contribution < -0.4 is 5.73 Å². The maximum absolute atomic E-state index is 12.5. The quantitative estimate of drug-likeness (QED) is 0.665. The van der Waals surface area contributed by atoms with Gasteiger partial charge < -0.3 is 5.73 Å². The second-order valence-corrected chi connectivity index (χ2v) is 7.02. The van der Waals surface area contributed by atoms with E-state index in [4.69, 9.17) is 5.73 Å². The van der Waals surface area contributed by atoms with Crippen molar-refractivity contribution in [1.29, 1.82) is 0 Å². The molecular weight excluding hydrogens is 316 g/mol. The minimum absolute atomic E-state index is 0.115. The summed E-state index contributed by atoms with van der Waals surface area (Å²) in [7, 11) is -3.46. The average molecular weight is 331 g/mol. The molecule has 0 radical (unpaired) electrons. The van der Waals surface area contributed by atoms with Crippen molar-refractivity contribution >= 4 is 31.6 Å². The van der Waals surface area contributed by atoms with E-state index in [2.05, 4.69) is 22.5 Å². The standard InChI is InChI=1S/C12H15BrN2O2S/c1-2-7-15(9-3-4-9)18(16,17)10-5-6-12(14)11(13)8-10/h2,5-6,8-9H,1,3-4,7,14H2. The summed E-state index contributed by atoms with van der Waals surface area (Å²) in [6.45, 7) is 3.96. The lowest BCUT2D eigenvalue weighted by Crippen LogP contribution is -2.33. The minimum Gasteiger partial charge on any atom is -0.398 e. The summed E-state index contributed by atoms with van der Waals surface area (Å²) in [6, 6.07) is 4.79. The molecule has 1 aliphatic rings. The fourth-order valence-electron chi connectivity index (χ4n) is 1.74. The molecule has 1 saturated carbocycles. The maximum Gasteiger partial charge on any atom is 0.243 e. The van der Waals surface area contributed by atoms with Gasteiger partial charge in [0.2, 0.25) is 10.0 Å². The number of anilines is 1. The SMILES string of the molecule is C=CCN(C1CC1)S(=O)(=O)c1ccc(N)c(Br)c1. The van der Waals surface area contributed by atoms with E-state index >= 15 is 0 Å². The molecule has 4 nitrogen and oxygen atoms in total. The summed E-state index contributed by atoms with van der Waals surface area (Å²) < 4.78 is 27.1. The Balaban J connectivity index is 2.39. The third-order valence-corrected chi connectivity index (χ3v) is 5.44. The number of benzene rings is 1. The summed E-state index contributed by atoms with van der Waals surface area (Å²) in [5, 5.41) is 0. The highest BCUT2D eigenvalue weighted by Crippen LogP contribution is 2.33. The molecule has 0 spiro atoms. The Hall–Kier alpha value is -0.850. The first-order chi connectivity index (χ1) is 8.46. The van der Waals surface area contributed by atoms with Gasteiger partial charge >= 0.3 is 0 Å². The van der Waals surface area contributed by atoms with Crippen molar-refractivity contribution in [3.05, 3.63) is 35.3 Å². The molecule has 1 aromatic rings. The number of rotatable bonds is 5. The van der Waals surface area contributed by atoms with Crippen molar-refractivity contribution in [3.63, 3.8) is 0 Å². The van der Waals surface area contributed by atoms with Crippen LogP contribution in [0, 0.1) is 0 Å². The second kappa shape index (κ2) is 5.03. The van der Waals surface area contributed by atoms with Crippen LogP contribution >= 0.6 is 15.9 Å². The number of nitrogen functional groups attached to an aromatic ring is 1. The van der Waals surface area contributed by atoms with Crippen molar-refractivity contribution in [2.24, 2.45) is 0 Å². The Bertz CT molecular complexity index is 567. The summed E-state index contributed by atoms with van der Waals surface area (Å²) in [5.74, 6) is 0. The van der Waals surface area contributed by atoms with Gasteiger partial charge in [0.15, 0.2) is 0 Å². The highest BCUT2D eigenvalue weighted by Gasteiger charge is 2.37. The van der Waals surface area contributed by atoms with Gasteiger partial charge in [-0.3, -0.25) is 0 Å². The first kappa shape index (κ1) is 13.6. The highest BCUT2D eigenvalue weighted by molar-refractivity contribution is 9.10. The summed E-state index contributed by atoms with van der Waals surface area (Å²) in [5.41, 5.74) is 6.19. The van der Waals surface area contributed by atoms with E-state index in [-0.39, 0.29) is 10.9 Å². The van der Waals surface area contributed by atoms with Gasteiger partial charge in [-0.2, -0.15) is 4.31 Å². The largest absolute Gasteiger partial charge is 0.398 e. The number of hydrogen-bond acceptors (Lipinski definition) is 3. The summed E-state index contributed by atoms with van der Waals surface area (Å²) >= 11 is 3.25. The molecule has 1 fully saturated rings. The molecule has 0 aromatic heterocycles. The van der Waals surface area contributed by atoms with E-state index < -0.39 is 10.0 Å². The van der Waals surface area contributed by atoms with E-state index in [9.17, 15) is 8.42 Å². The molecule has 1 aromatic carbocycles. The molecule has 18 heavy (non-hydrogen) atoms. The van der Waals surface area contributed by atoms with Gasteiger partial charge in [0.1, 0.15) is 0 Å². The van der Waals surface area contributed by atoms with Crippen molar-refractivity contribution in [2.75, 3.05) is 12.3 Å². The Labute approximate surface area is 116 Å². The van der Waals surface area contributed by atoms with Crippen molar-refractivity contribution < 1.29 is 8.42 Å². The zero-order valence-corrected chi connectivity index (χ0v) is 12.2. The highest BCUT2D eigenvalue weighted by atomic mass is 79.9. The van der Waals surface area contributed by atoms with Gasteiger partial charge in [-0.25, -0.2) is 8.42 Å². The minimum atomic E-state index is -3.46. The third kappa shape index (κ3) is 2.60. The van der Waals surface area contributed by atoms with E-state index in [0.29, 0.717) is 16.7 Å². The van der Waals surface area contributed by atoms with Crippen LogP contribution in [0.3, 0.4) is 0 Å². The molecule has 1 aliphatic carbocycles. The number of nitrogens with zero attached hydrogens (tertiary/aromatic N) is 1. The van der Waals surface area contributed by atoms with E-state index in [1.807, 2.05) is 0 Å². The van der Waals surface area contributed by atoms with Crippen LogP contribution in [0.4, 0.5) is 5.69 Å². The monoisotopic (exact) mass is 330 g/mol. The first-order valence-electron chi connectivity index (χ1n) is 5.64. The average Bonchev–Trinajstić information content (AvgIpc) is 3.13. The van der Waals surface area contributed by atoms with Gasteiger partial charge in [0.05, 0.1) is 4.90 Å². The topological polar surface area (TPSA) is 63.4 Å². The molecule has 0 atom stereocenters. The lowest BCUT2D eigenvalue weighted by molar-refractivity contribution is 0.436. The smallest absolute Gasteiger partial charge is 0.243 e. The molecule has 98 valence electrons. The summed E-state index contributed by atoms with van der Waals surface area (Å²) in [4.78, 5) is 0.261. The van der Waals surface area contributed by atoms with Crippen molar-refractivity contribution in [3.8, 4) is 0 Å². The van der Waals surface area contributed by atoms with E-state index in [1.165, 1.54) is 10.4 Å². The third-order valence-electron chi connectivity index (χ3n) is 2.84. The fraction of sp³-hybridized carbons (Fsp3) is 0.333. The molecular formula is C12H15BrN2O2S. The lowest BCUT2D eigenvalue weighted by Gasteiger charge is -2.20. The van der Waals surface area contributed by atoms with Crippen LogP contribution in [0.5, 0.6) is 0 Å². The zero-order valence-electron chi connectivity index (χ0n) is 9.84. The maximum atomic E-state index is 12.5. The van der Waals surface area contributed by atoms with Crippen LogP contribution in [0.25, 0.3) is 0 Å². The Morgan fingerprint density at radius 1 is 1.50 bits per heavy atom. The molecule has 0 aliphatic heterocycles. The van der Waals surface area contributed by atoms with Gasteiger partial charge in [-0.15, -0.1) is 6.58 Å². The van der Waals surface area contributed by atoms with Gasteiger partial charge in [0, 0.05) is 22.7 Å². The molecule has 0 bridgehead atoms. The molecule has 0 unspecified atom stereocenters. The number of hydrogen-bond donors (Lipinski definition) is 1. The van der Waals surface area contributed by atoms with Crippen LogP contribution in [-0.4, -0.2) is 25.3 Å². The number of nitrogens with two attached hydrogens (primary N) is 1. The second-order valence-electron chi connectivity index (χ2n) is 4.28. The summed E-state index contributed by atoms with van der Waals surface area (Å²) in [6.07, 6.45) is 3.45. The van der Waals surface area contributed by atoms with Crippen molar-refractivity contribution in [2.45, 2.75) is 23.8 Å². The van der Waals surface area contributed by atoms with E-state index in [0.717, 1.165) is 12.8 Å². The molecule has 2 N–H and O–H groups in total. The van der Waals surface area contributed by atoms with Crippen LogP contribution in [0.1, 0.15) is 12.8 Å². The van der Waals surface area contributed by atoms with E-state index in [1.54, 1.807) is 18.2 Å². The zero-order chi connectivity index (χ0) is 13.3. The molecule has 0 saturated heterocycles. The van der Waals surface area contributed by atoms with Crippen LogP contribution in [0.2, 0.25) is 0 Å². The Morgan fingerprint density at radius 2 is 2.17 bits per heavy atom. The first-order valence-corrected chi connectivity index (χ1v) is 7.88. The van der Waals surface area contributed by atoms with Gasteiger partial charge in [-0.05, 0) is 47.0 Å². The molecule has 0 amide bonds. The number of halogens is 1. The van der Waals surface area contributed by atoms with Crippen LogP contribution in [0.15, 0.2) is 40.2 Å². The predicted molar refractivity (Wildman–Crippen MR) is 75.7 cm³/mol. The Kier molecular flexibility index (Phi) is 3.79. The molecule has 0 heterocycles. The molecule has 6 heteroatoms. The number of sulfonamides is 1. The Morgan fingerprint density at radius 3 is 2.67 bits per heavy atom. The fourth-order valence-corrected chi connectivity index (χ4v) is 3.95. The lowest BCUT2D eigenvalue weighted by atomic mass is 10.3. The normalized spacial score (nSPS) is 15.9. The van der Waals surface area contributed by atoms with Crippen molar-refractivity contribution in [1.82, 2.24) is 4.31 Å². The van der Waals surface area contributed by atoms with Gasteiger partial charge in [0.25, 0.3) is 0 Å². The molecule has 2 rings (SSSR count). The van der Waals surface area contributed by atoms with Crippen LogP contribution in [-0.2, 0) is 10.0 Å². The predicted octanol–water partition coefficient (Wildman–Crippen LogP) is 2.37.